The van der Waals surface area contributed by atoms with E-state index in [1.165, 1.54) is 4.90 Å². The summed E-state index contributed by atoms with van der Waals surface area (Å²) < 4.78 is 0. The normalized spacial score (nSPS) is 18.5. The van der Waals surface area contributed by atoms with Crippen LogP contribution in [0.25, 0.3) is 0 Å². The van der Waals surface area contributed by atoms with Crippen molar-refractivity contribution in [2.45, 2.75) is 83.3 Å². The lowest BCUT2D eigenvalue weighted by Gasteiger charge is -2.27. The van der Waals surface area contributed by atoms with Crippen molar-refractivity contribution >= 4 is 34.7 Å². The Morgan fingerprint density at radius 3 is 2.35 bits per heavy atom. The van der Waals surface area contributed by atoms with Crippen LogP contribution in [0, 0.1) is 11.8 Å². The van der Waals surface area contributed by atoms with E-state index in [1.807, 2.05) is 13.8 Å². The highest BCUT2D eigenvalue weighted by Crippen LogP contribution is 2.25. The van der Waals surface area contributed by atoms with Gasteiger partial charge in [-0.15, -0.1) is 0 Å². The molecule has 1 aliphatic rings. The van der Waals surface area contributed by atoms with E-state index < -0.39 is 30.0 Å². The lowest BCUT2D eigenvalue weighted by molar-refractivity contribution is -0.149. The summed E-state index contributed by atoms with van der Waals surface area (Å²) in [6.07, 6.45) is 4.63. The van der Waals surface area contributed by atoms with Crippen molar-refractivity contribution in [2.24, 2.45) is 29.0 Å². The molecule has 1 heterocycles. The first-order valence-corrected chi connectivity index (χ1v) is 13.3. The Labute approximate surface area is 207 Å². The fourth-order valence-electron chi connectivity index (χ4n) is 4.05. The van der Waals surface area contributed by atoms with Crippen LogP contribution in [0.3, 0.4) is 0 Å². The van der Waals surface area contributed by atoms with E-state index in [0.29, 0.717) is 58.2 Å². The monoisotopic (exact) mass is 501 g/mol. The molecule has 1 saturated heterocycles. The summed E-state index contributed by atoms with van der Waals surface area (Å²) >= 11 is 1.01. The van der Waals surface area contributed by atoms with E-state index in [-0.39, 0.29) is 28.6 Å². The molecule has 34 heavy (non-hydrogen) atoms. The number of thioether (sulfide) groups is 1. The van der Waals surface area contributed by atoms with E-state index in [4.69, 9.17) is 17.2 Å². The molecule has 11 heteroatoms. The molecular weight excluding hydrogens is 458 g/mol. The fraction of sp³-hybridized carbons (Fsp3) is 0.826. The minimum Gasteiger partial charge on any atom is -0.480 e. The van der Waals surface area contributed by atoms with Gasteiger partial charge in [-0.1, -0.05) is 32.0 Å². The van der Waals surface area contributed by atoms with Crippen LogP contribution in [0.1, 0.15) is 65.2 Å². The SMILES string of the molecule is CC(C)C[C@H](NC(=O)[C@@H](N)CCCCN)C(=O)SCC(CCCN)C(=O)N1CCC[C@H]1C(=O)O. The molecule has 0 aromatic heterocycles. The Morgan fingerprint density at radius 2 is 1.76 bits per heavy atom. The number of nitrogens with one attached hydrogen (secondary N) is 1. The summed E-state index contributed by atoms with van der Waals surface area (Å²) in [7, 11) is 0. The van der Waals surface area contributed by atoms with Crippen LogP contribution in [0.4, 0.5) is 0 Å². The van der Waals surface area contributed by atoms with Crippen molar-refractivity contribution in [2.75, 3.05) is 25.4 Å². The number of carboxylic acids is 1. The van der Waals surface area contributed by atoms with Crippen molar-refractivity contribution < 1.29 is 24.3 Å². The van der Waals surface area contributed by atoms with Gasteiger partial charge in [0.05, 0.1) is 12.1 Å². The van der Waals surface area contributed by atoms with Crippen molar-refractivity contribution in [1.29, 1.82) is 0 Å². The van der Waals surface area contributed by atoms with Crippen LogP contribution in [-0.4, -0.2) is 76.4 Å². The van der Waals surface area contributed by atoms with Crippen LogP contribution >= 0.6 is 11.8 Å². The first-order valence-electron chi connectivity index (χ1n) is 12.3. The number of likely N-dealkylation sites (tertiary alicyclic amines) is 1. The highest BCUT2D eigenvalue weighted by Gasteiger charge is 2.37. The quantitative estimate of drug-likeness (QED) is 0.190. The van der Waals surface area contributed by atoms with E-state index in [0.717, 1.165) is 24.6 Å². The summed E-state index contributed by atoms with van der Waals surface area (Å²) in [4.78, 5) is 51.6. The van der Waals surface area contributed by atoms with Crippen LogP contribution in [0.15, 0.2) is 0 Å². The second-order valence-electron chi connectivity index (χ2n) is 9.37. The molecule has 0 aromatic rings. The number of hydrogen-bond acceptors (Lipinski definition) is 8. The number of nitrogens with zero attached hydrogens (tertiary/aromatic N) is 1. The van der Waals surface area contributed by atoms with E-state index >= 15 is 0 Å². The van der Waals surface area contributed by atoms with Gasteiger partial charge in [0.2, 0.25) is 16.9 Å². The van der Waals surface area contributed by atoms with Crippen LogP contribution in [-0.2, 0) is 19.2 Å². The number of carboxylic acid groups (broad SMARTS) is 1. The number of nitrogens with two attached hydrogens (primary N) is 3. The van der Waals surface area contributed by atoms with Gasteiger partial charge in [-0.2, -0.15) is 0 Å². The van der Waals surface area contributed by atoms with Crippen LogP contribution in [0.2, 0.25) is 0 Å². The first kappa shape index (κ1) is 30.3. The van der Waals surface area contributed by atoms with E-state index in [1.54, 1.807) is 0 Å². The maximum absolute atomic E-state index is 13.1. The topological polar surface area (TPSA) is 182 Å². The molecule has 1 unspecified atom stereocenters. The number of carbonyl (C=O) groups excluding carboxylic acids is 3. The largest absolute Gasteiger partial charge is 0.480 e. The number of carbonyl (C=O) groups is 4. The third-order valence-corrected chi connectivity index (χ3v) is 7.11. The zero-order chi connectivity index (χ0) is 25.7. The number of unbranched alkanes of at least 4 members (excludes halogenated alkanes) is 1. The van der Waals surface area contributed by atoms with E-state index in [9.17, 15) is 24.3 Å². The number of aliphatic carboxylic acids is 1. The average Bonchev–Trinajstić information content (AvgIpc) is 3.28. The molecule has 10 nitrogen and oxygen atoms in total. The molecule has 1 fully saturated rings. The van der Waals surface area contributed by atoms with Gasteiger partial charge in [0.1, 0.15) is 6.04 Å². The Balaban J connectivity index is 2.80. The Hall–Kier alpha value is -1.69. The van der Waals surface area contributed by atoms with Crippen molar-refractivity contribution in [3.05, 3.63) is 0 Å². The lowest BCUT2D eigenvalue weighted by atomic mass is 10.0. The molecular formula is C23H43N5O5S. The lowest BCUT2D eigenvalue weighted by Crippen LogP contribution is -2.48. The smallest absolute Gasteiger partial charge is 0.326 e. The minimum absolute atomic E-state index is 0.166. The second kappa shape index (κ2) is 16.1. The fourth-order valence-corrected chi connectivity index (χ4v) is 5.08. The van der Waals surface area contributed by atoms with Crippen molar-refractivity contribution in [1.82, 2.24) is 10.2 Å². The third-order valence-electron chi connectivity index (χ3n) is 5.97. The summed E-state index contributed by atoms with van der Waals surface area (Å²) in [5.41, 5.74) is 17.1. The Bertz CT molecular complexity index is 678. The van der Waals surface area contributed by atoms with Gasteiger partial charge in [0.15, 0.2) is 0 Å². The van der Waals surface area contributed by atoms with Gasteiger partial charge in [0.25, 0.3) is 0 Å². The molecule has 0 radical (unpaired) electrons. The van der Waals surface area contributed by atoms with Gasteiger partial charge in [-0.05, 0) is 64.0 Å². The molecule has 196 valence electrons. The molecule has 4 atom stereocenters. The van der Waals surface area contributed by atoms with Crippen LogP contribution < -0.4 is 22.5 Å². The van der Waals surface area contributed by atoms with Crippen molar-refractivity contribution in [3.8, 4) is 0 Å². The summed E-state index contributed by atoms with van der Waals surface area (Å²) in [5, 5.41) is 12.0. The molecule has 8 N–H and O–H groups in total. The van der Waals surface area contributed by atoms with Gasteiger partial charge in [-0.3, -0.25) is 14.4 Å². The van der Waals surface area contributed by atoms with Crippen LogP contribution in [0.5, 0.6) is 0 Å². The zero-order valence-corrected chi connectivity index (χ0v) is 21.4. The predicted octanol–water partition coefficient (Wildman–Crippen LogP) is 0.664. The Kier molecular flexibility index (Phi) is 14.3. The van der Waals surface area contributed by atoms with Gasteiger partial charge in [-0.25, -0.2) is 4.79 Å². The first-order chi connectivity index (χ1) is 16.1. The Morgan fingerprint density at radius 1 is 1.09 bits per heavy atom. The molecule has 0 saturated carbocycles. The second-order valence-corrected chi connectivity index (χ2v) is 10.4. The van der Waals surface area contributed by atoms with Gasteiger partial charge < -0.3 is 32.5 Å². The number of rotatable bonds is 16. The highest BCUT2D eigenvalue weighted by atomic mass is 32.2. The molecule has 2 amide bonds. The standard InChI is InChI=1S/C23H43N5O5S/c1-15(2)13-18(27-20(29)17(26)8-3-4-10-24)23(33)34-14-16(7-5-11-25)21(30)28-12-6-9-19(28)22(31)32/h15-19H,3-14,24-26H2,1-2H3,(H,27,29)(H,31,32)/t16?,17-,18-,19-/m0/s1. The zero-order valence-electron chi connectivity index (χ0n) is 20.5. The molecule has 0 aliphatic carbocycles. The maximum Gasteiger partial charge on any atom is 0.326 e. The summed E-state index contributed by atoms with van der Waals surface area (Å²) in [6, 6.07) is -2.23. The summed E-state index contributed by atoms with van der Waals surface area (Å²) in [5.74, 6) is -1.74. The summed E-state index contributed by atoms with van der Waals surface area (Å²) in [6.45, 7) is 5.27. The number of amides is 2. The van der Waals surface area contributed by atoms with E-state index in [2.05, 4.69) is 5.32 Å². The minimum atomic E-state index is -1.00. The molecule has 0 spiro atoms. The highest BCUT2D eigenvalue weighted by molar-refractivity contribution is 8.13. The predicted molar refractivity (Wildman–Crippen MR) is 134 cm³/mol. The maximum atomic E-state index is 13.1. The molecule has 0 bridgehead atoms. The van der Waals surface area contributed by atoms with Gasteiger partial charge in [0, 0.05) is 18.2 Å². The molecule has 1 aliphatic heterocycles. The third kappa shape index (κ3) is 10.3. The molecule has 0 aromatic carbocycles. The number of hydrogen-bond donors (Lipinski definition) is 5. The molecule has 1 rings (SSSR count). The van der Waals surface area contributed by atoms with Crippen molar-refractivity contribution in [3.63, 3.8) is 0 Å². The van der Waals surface area contributed by atoms with Gasteiger partial charge >= 0.3 is 5.97 Å². The average molecular weight is 502 g/mol.